The molecule has 0 aromatic heterocycles. The molecule has 0 aromatic rings. The summed E-state index contributed by atoms with van der Waals surface area (Å²) in [5, 5.41) is 30.4. The molecule has 0 aromatic carbocycles. The predicted molar refractivity (Wildman–Crippen MR) is 93.6 cm³/mol. The summed E-state index contributed by atoms with van der Waals surface area (Å²) < 4.78 is 4.90. The van der Waals surface area contributed by atoms with Gasteiger partial charge in [0.25, 0.3) is 0 Å². The van der Waals surface area contributed by atoms with Crippen LogP contribution in [0.3, 0.4) is 0 Å². The summed E-state index contributed by atoms with van der Waals surface area (Å²) in [6.45, 7) is 8.50. The Morgan fingerprint density at radius 3 is 2.64 bits per heavy atom. The van der Waals surface area contributed by atoms with Gasteiger partial charge in [-0.15, -0.1) is 0 Å². The molecule has 0 unspecified atom stereocenters. The topological polar surface area (TPSA) is 87.0 Å². The molecule has 2 saturated carbocycles. The van der Waals surface area contributed by atoms with Gasteiger partial charge in [-0.1, -0.05) is 32.1 Å². The molecule has 6 atom stereocenters. The summed E-state index contributed by atoms with van der Waals surface area (Å²) >= 11 is 0. The zero-order valence-corrected chi connectivity index (χ0v) is 15.2. The van der Waals surface area contributed by atoms with Crippen molar-refractivity contribution in [2.75, 3.05) is 13.2 Å². The SMILES string of the molecule is C=C1CC[C@@H]2[C@](C)(CO)[C@H](O)CC[C@]2(C)[C@@H]1C/C=C1\C(=O)OC[C@H]1O. The number of carbonyl (C=O) groups excluding carboxylic acids is 1. The Bertz CT molecular complexity index is 597. The third-order valence-corrected chi connectivity index (χ3v) is 7.23. The zero-order valence-electron chi connectivity index (χ0n) is 15.2. The van der Waals surface area contributed by atoms with Crippen LogP contribution in [-0.2, 0) is 9.53 Å². The molecule has 3 rings (SSSR count). The zero-order chi connectivity index (χ0) is 18.4. The van der Waals surface area contributed by atoms with Crippen molar-refractivity contribution in [1.29, 1.82) is 0 Å². The maximum absolute atomic E-state index is 11.8. The van der Waals surface area contributed by atoms with Crippen LogP contribution in [-0.4, -0.2) is 46.7 Å². The molecule has 25 heavy (non-hydrogen) atoms. The van der Waals surface area contributed by atoms with Gasteiger partial charge in [0.1, 0.15) is 12.7 Å². The van der Waals surface area contributed by atoms with Gasteiger partial charge < -0.3 is 20.1 Å². The van der Waals surface area contributed by atoms with Gasteiger partial charge in [0.15, 0.2) is 0 Å². The van der Waals surface area contributed by atoms with Crippen molar-refractivity contribution in [1.82, 2.24) is 0 Å². The van der Waals surface area contributed by atoms with Crippen molar-refractivity contribution in [3.63, 3.8) is 0 Å². The smallest absolute Gasteiger partial charge is 0.336 e. The minimum atomic E-state index is -0.844. The van der Waals surface area contributed by atoms with E-state index in [2.05, 4.69) is 13.5 Å². The van der Waals surface area contributed by atoms with Crippen LogP contribution in [0.1, 0.15) is 46.0 Å². The number of aliphatic hydroxyl groups excluding tert-OH is 3. The Morgan fingerprint density at radius 2 is 2.04 bits per heavy atom. The number of rotatable bonds is 3. The molecular formula is C20H30O5. The predicted octanol–water partition coefficient (Wildman–Crippen LogP) is 1.96. The number of cyclic esters (lactones) is 1. The monoisotopic (exact) mass is 350 g/mol. The Balaban J connectivity index is 1.89. The number of hydrogen-bond donors (Lipinski definition) is 3. The third-order valence-electron chi connectivity index (χ3n) is 7.23. The second-order valence-electron chi connectivity index (χ2n) is 8.54. The maximum Gasteiger partial charge on any atom is 0.336 e. The molecule has 0 spiro atoms. The van der Waals surface area contributed by atoms with E-state index in [1.807, 2.05) is 13.0 Å². The van der Waals surface area contributed by atoms with Gasteiger partial charge in [0.05, 0.1) is 18.3 Å². The normalized spacial score (nSPS) is 46.2. The summed E-state index contributed by atoms with van der Waals surface area (Å²) in [6.07, 6.45) is 4.42. The minimum absolute atomic E-state index is 0.0280. The fourth-order valence-corrected chi connectivity index (χ4v) is 5.56. The second kappa shape index (κ2) is 6.53. The minimum Gasteiger partial charge on any atom is -0.459 e. The van der Waals surface area contributed by atoms with Crippen molar-refractivity contribution in [2.45, 2.75) is 58.2 Å². The summed E-state index contributed by atoms with van der Waals surface area (Å²) in [4.78, 5) is 11.8. The van der Waals surface area contributed by atoms with Crippen LogP contribution < -0.4 is 0 Å². The fourth-order valence-electron chi connectivity index (χ4n) is 5.56. The lowest BCUT2D eigenvalue weighted by atomic mass is 9.46. The highest BCUT2D eigenvalue weighted by Crippen LogP contribution is 2.61. The van der Waals surface area contributed by atoms with Gasteiger partial charge in [0.2, 0.25) is 0 Å². The van der Waals surface area contributed by atoms with Gasteiger partial charge >= 0.3 is 5.97 Å². The van der Waals surface area contributed by atoms with E-state index in [1.54, 1.807) is 0 Å². The maximum atomic E-state index is 11.8. The van der Waals surface area contributed by atoms with Crippen molar-refractivity contribution in [2.24, 2.45) is 22.7 Å². The molecule has 2 aliphatic carbocycles. The molecule has 3 N–H and O–H groups in total. The third kappa shape index (κ3) is 2.86. The number of carbonyl (C=O) groups is 1. The summed E-state index contributed by atoms with van der Waals surface area (Å²) in [5.41, 5.74) is 0.911. The van der Waals surface area contributed by atoms with Crippen molar-refractivity contribution < 1.29 is 24.9 Å². The molecule has 5 heteroatoms. The summed E-state index contributed by atoms with van der Waals surface area (Å²) in [6, 6.07) is 0. The first-order chi connectivity index (χ1) is 11.7. The van der Waals surface area contributed by atoms with Gasteiger partial charge in [-0.2, -0.15) is 0 Å². The van der Waals surface area contributed by atoms with Gasteiger partial charge in [-0.05, 0) is 49.4 Å². The lowest BCUT2D eigenvalue weighted by molar-refractivity contribution is -0.151. The summed E-state index contributed by atoms with van der Waals surface area (Å²) in [5.74, 6) is -0.0734. The summed E-state index contributed by atoms with van der Waals surface area (Å²) in [7, 11) is 0. The highest BCUT2D eigenvalue weighted by molar-refractivity contribution is 5.91. The molecule has 1 saturated heterocycles. The number of hydrogen-bond acceptors (Lipinski definition) is 5. The molecule has 1 aliphatic heterocycles. The number of aliphatic hydroxyl groups is 3. The average Bonchev–Trinajstić information content (AvgIpc) is 2.89. The van der Waals surface area contributed by atoms with E-state index in [1.165, 1.54) is 0 Å². The van der Waals surface area contributed by atoms with Crippen molar-refractivity contribution in [3.05, 3.63) is 23.8 Å². The van der Waals surface area contributed by atoms with Gasteiger partial charge in [0, 0.05) is 5.41 Å². The molecule has 3 fully saturated rings. The first-order valence-electron chi connectivity index (χ1n) is 9.26. The molecule has 0 bridgehead atoms. The molecule has 0 amide bonds. The van der Waals surface area contributed by atoms with E-state index in [-0.39, 0.29) is 30.5 Å². The first-order valence-corrected chi connectivity index (χ1v) is 9.26. The lowest BCUT2D eigenvalue weighted by Gasteiger charge is -2.59. The number of esters is 1. The Kier molecular flexibility index (Phi) is 4.86. The van der Waals surface area contributed by atoms with E-state index in [0.29, 0.717) is 18.4 Å². The van der Waals surface area contributed by atoms with Crippen LogP contribution >= 0.6 is 0 Å². The van der Waals surface area contributed by atoms with Crippen LogP contribution in [0.25, 0.3) is 0 Å². The van der Waals surface area contributed by atoms with Crippen LogP contribution in [0.5, 0.6) is 0 Å². The van der Waals surface area contributed by atoms with Crippen molar-refractivity contribution in [3.8, 4) is 0 Å². The number of fused-ring (bicyclic) bond motifs is 1. The molecular weight excluding hydrogens is 320 g/mol. The van der Waals surface area contributed by atoms with E-state index in [0.717, 1.165) is 24.8 Å². The first kappa shape index (κ1) is 18.6. The lowest BCUT2D eigenvalue weighted by Crippen LogP contribution is -2.57. The Hall–Kier alpha value is -1.17. The van der Waals surface area contributed by atoms with E-state index in [9.17, 15) is 20.1 Å². The molecule has 0 radical (unpaired) electrons. The van der Waals surface area contributed by atoms with Gasteiger partial charge in [-0.3, -0.25) is 0 Å². The molecule has 3 aliphatic rings. The Labute approximate surface area is 149 Å². The van der Waals surface area contributed by atoms with E-state index in [4.69, 9.17) is 4.74 Å². The number of allylic oxidation sites excluding steroid dienone is 2. The molecule has 5 nitrogen and oxygen atoms in total. The Morgan fingerprint density at radius 1 is 1.32 bits per heavy atom. The molecule has 1 heterocycles. The highest BCUT2D eigenvalue weighted by Gasteiger charge is 2.57. The van der Waals surface area contributed by atoms with E-state index < -0.39 is 23.6 Å². The van der Waals surface area contributed by atoms with Gasteiger partial charge in [-0.25, -0.2) is 4.79 Å². The second-order valence-corrected chi connectivity index (χ2v) is 8.54. The van der Waals surface area contributed by atoms with Crippen LogP contribution in [0.4, 0.5) is 0 Å². The largest absolute Gasteiger partial charge is 0.459 e. The van der Waals surface area contributed by atoms with Crippen LogP contribution in [0, 0.1) is 22.7 Å². The quantitative estimate of drug-likeness (QED) is 0.411. The molecule has 140 valence electrons. The standard InChI is InChI=1S/C20H30O5/c1-12-4-7-16-19(2,9-8-17(23)20(16,3)11-21)14(12)6-5-13-15(22)10-25-18(13)24/h5,14-17,21-23H,1,4,6-11H2,2-3H3/b13-5-/t14-,15-,16+,17-,19-,20+/m1/s1. The van der Waals surface area contributed by atoms with E-state index >= 15 is 0 Å². The van der Waals surface area contributed by atoms with Crippen LogP contribution in [0.15, 0.2) is 23.8 Å². The van der Waals surface area contributed by atoms with Crippen LogP contribution in [0.2, 0.25) is 0 Å². The fraction of sp³-hybridized carbons (Fsp3) is 0.750. The highest BCUT2D eigenvalue weighted by atomic mass is 16.6. The number of ether oxygens (including phenoxy) is 1. The van der Waals surface area contributed by atoms with Crippen molar-refractivity contribution >= 4 is 5.97 Å². The average molecular weight is 350 g/mol.